The number of aryl methyl sites for hydroxylation is 1. The molecular formula is C7H9N3O2S. The average Bonchev–Trinajstić information content (AvgIpc) is 2.52. The molecule has 1 heterocycles. The Kier molecular flexibility index (Phi) is 3.07. The van der Waals surface area contributed by atoms with Gasteiger partial charge in [-0.1, -0.05) is 18.3 Å². The summed E-state index contributed by atoms with van der Waals surface area (Å²) in [6, 6.07) is 0. The van der Waals surface area contributed by atoms with E-state index in [1.165, 1.54) is 18.3 Å². The van der Waals surface area contributed by atoms with E-state index < -0.39 is 11.7 Å². The van der Waals surface area contributed by atoms with Gasteiger partial charge in [0.1, 0.15) is 5.01 Å². The fourth-order valence-corrected chi connectivity index (χ4v) is 1.31. The van der Waals surface area contributed by atoms with Gasteiger partial charge in [0.2, 0.25) is 10.9 Å². The Bertz CT molecular complexity index is 334. The van der Waals surface area contributed by atoms with Crippen molar-refractivity contribution in [2.24, 2.45) is 0 Å². The Morgan fingerprint density at radius 2 is 2.15 bits per heavy atom. The number of carbonyl (C=O) groups excluding carboxylic acids is 2. The predicted octanol–water partition coefficient (Wildman–Crippen LogP) is 0.628. The number of anilines is 1. The Hall–Kier alpha value is -1.30. The quantitative estimate of drug-likeness (QED) is 0.724. The smallest absolute Gasteiger partial charge is 0.293 e. The van der Waals surface area contributed by atoms with E-state index in [9.17, 15) is 9.59 Å². The van der Waals surface area contributed by atoms with Gasteiger partial charge in [-0.3, -0.25) is 14.9 Å². The highest BCUT2D eigenvalue weighted by molar-refractivity contribution is 7.15. The lowest BCUT2D eigenvalue weighted by Gasteiger charge is -1.93. The van der Waals surface area contributed by atoms with Crippen LogP contribution >= 0.6 is 11.3 Å². The molecule has 0 spiro atoms. The maximum atomic E-state index is 10.9. The van der Waals surface area contributed by atoms with Crippen LogP contribution in [0.2, 0.25) is 0 Å². The van der Waals surface area contributed by atoms with Crippen LogP contribution in [0.3, 0.4) is 0 Å². The number of rotatable bonds is 3. The van der Waals surface area contributed by atoms with Crippen LogP contribution in [0.1, 0.15) is 18.9 Å². The van der Waals surface area contributed by atoms with E-state index in [0.29, 0.717) is 5.13 Å². The summed E-state index contributed by atoms with van der Waals surface area (Å²) < 4.78 is 0. The van der Waals surface area contributed by atoms with E-state index in [2.05, 4.69) is 15.5 Å². The molecule has 1 aromatic heterocycles. The lowest BCUT2D eigenvalue weighted by Crippen LogP contribution is -2.19. The second-order valence-corrected chi connectivity index (χ2v) is 3.43. The molecule has 6 heteroatoms. The van der Waals surface area contributed by atoms with Crippen LogP contribution in [0, 0.1) is 0 Å². The van der Waals surface area contributed by atoms with Gasteiger partial charge in [0.25, 0.3) is 5.91 Å². The zero-order valence-electron chi connectivity index (χ0n) is 7.33. The molecule has 0 radical (unpaired) electrons. The summed E-state index contributed by atoms with van der Waals surface area (Å²) in [5, 5.41) is 11.0. The zero-order chi connectivity index (χ0) is 9.84. The van der Waals surface area contributed by atoms with E-state index in [-0.39, 0.29) is 0 Å². The topological polar surface area (TPSA) is 72.0 Å². The summed E-state index contributed by atoms with van der Waals surface area (Å²) in [6.45, 7) is 3.15. The van der Waals surface area contributed by atoms with Crippen molar-refractivity contribution in [3.05, 3.63) is 5.01 Å². The Balaban J connectivity index is 2.64. The molecule has 70 valence electrons. The number of hydrogen-bond acceptors (Lipinski definition) is 5. The van der Waals surface area contributed by atoms with Gasteiger partial charge in [0.15, 0.2) is 0 Å². The zero-order valence-corrected chi connectivity index (χ0v) is 8.14. The van der Waals surface area contributed by atoms with Crippen molar-refractivity contribution < 1.29 is 9.59 Å². The summed E-state index contributed by atoms with van der Waals surface area (Å²) in [4.78, 5) is 21.5. The van der Waals surface area contributed by atoms with Gasteiger partial charge in [0, 0.05) is 6.92 Å². The fourth-order valence-electron chi connectivity index (χ4n) is 0.632. The molecule has 5 nitrogen and oxygen atoms in total. The van der Waals surface area contributed by atoms with Crippen molar-refractivity contribution in [1.82, 2.24) is 10.2 Å². The van der Waals surface area contributed by atoms with Gasteiger partial charge in [-0.15, -0.1) is 10.2 Å². The highest BCUT2D eigenvalue weighted by Gasteiger charge is 2.10. The van der Waals surface area contributed by atoms with Crippen molar-refractivity contribution >= 4 is 28.2 Å². The van der Waals surface area contributed by atoms with Crippen LogP contribution in [0.4, 0.5) is 5.13 Å². The summed E-state index contributed by atoms with van der Waals surface area (Å²) in [7, 11) is 0. The average molecular weight is 199 g/mol. The molecule has 0 aromatic carbocycles. The molecule has 1 N–H and O–H groups in total. The third kappa shape index (κ3) is 2.59. The first kappa shape index (κ1) is 9.79. The molecule has 0 saturated heterocycles. The lowest BCUT2D eigenvalue weighted by atomic mass is 10.4. The van der Waals surface area contributed by atoms with Crippen LogP contribution in [-0.2, 0) is 16.0 Å². The van der Waals surface area contributed by atoms with E-state index >= 15 is 0 Å². The van der Waals surface area contributed by atoms with Gasteiger partial charge >= 0.3 is 0 Å². The van der Waals surface area contributed by atoms with Gasteiger partial charge in [0.05, 0.1) is 0 Å². The van der Waals surface area contributed by atoms with Gasteiger partial charge < -0.3 is 0 Å². The van der Waals surface area contributed by atoms with E-state index in [1.54, 1.807) is 0 Å². The number of amides is 1. The van der Waals surface area contributed by atoms with Crippen molar-refractivity contribution in [3.8, 4) is 0 Å². The minimum Gasteiger partial charge on any atom is -0.294 e. The van der Waals surface area contributed by atoms with E-state index in [4.69, 9.17) is 0 Å². The third-order valence-corrected chi connectivity index (χ3v) is 2.29. The molecule has 0 saturated carbocycles. The number of nitrogens with zero attached hydrogens (tertiary/aromatic N) is 2. The van der Waals surface area contributed by atoms with Crippen LogP contribution in [-0.4, -0.2) is 21.9 Å². The number of nitrogens with one attached hydrogen (secondary N) is 1. The maximum absolute atomic E-state index is 10.9. The first-order chi connectivity index (χ1) is 6.13. The molecule has 0 aliphatic carbocycles. The van der Waals surface area contributed by atoms with Gasteiger partial charge in [-0.25, -0.2) is 0 Å². The molecule has 1 rings (SSSR count). The van der Waals surface area contributed by atoms with Crippen molar-refractivity contribution in [1.29, 1.82) is 0 Å². The molecule has 0 atom stereocenters. The standard InChI is InChI=1S/C7H9N3O2S/c1-3-5-9-10-7(13-5)8-6(12)4(2)11/h3H2,1-2H3,(H,8,10,12). The van der Waals surface area contributed by atoms with Crippen LogP contribution in [0.15, 0.2) is 0 Å². The number of hydrogen-bond donors (Lipinski definition) is 1. The summed E-state index contributed by atoms with van der Waals surface area (Å²) in [5.74, 6) is -1.19. The van der Waals surface area contributed by atoms with Crippen molar-refractivity contribution in [3.63, 3.8) is 0 Å². The van der Waals surface area contributed by atoms with E-state index in [0.717, 1.165) is 11.4 Å². The van der Waals surface area contributed by atoms with Crippen LogP contribution in [0.25, 0.3) is 0 Å². The van der Waals surface area contributed by atoms with Gasteiger partial charge in [-0.2, -0.15) is 0 Å². The van der Waals surface area contributed by atoms with Gasteiger partial charge in [-0.05, 0) is 6.42 Å². The fraction of sp³-hybridized carbons (Fsp3) is 0.429. The summed E-state index contributed by atoms with van der Waals surface area (Å²) in [6.07, 6.45) is 0.771. The number of Topliss-reactive ketones (excluding diaryl/α,β-unsaturated/α-hetero) is 1. The highest BCUT2D eigenvalue weighted by Crippen LogP contribution is 2.14. The molecule has 1 aromatic rings. The minimum absolute atomic E-state index is 0.372. The molecular weight excluding hydrogens is 190 g/mol. The third-order valence-electron chi connectivity index (χ3n) is 1.31. The maximum Gasteiger partial charge on any atom is 0.293 e. The highest BCUT2D eigenvalue weighted by atomic mass is 32.1. The molecule has 0 aliphatic rings. The monoisotopic (exact) mass is 199 g/mol. The first-order valence-corrected chi connectivity index (χ1v) is 4.59. The van der Waals surface area contributed by atoms with Crippen molar-refractivity contribution in [2.75, 3.05) is 5.32 Å². The summed E-state index contributed by atoms with van der Waals surface area (Å²) >= 11 is 1.27. The normalized spacial score (nSPS) is 9.69. The SMILES string of the molecule is CCc1nnc(NC(=O)C(C)=O)s1. The number of ketones is 1. The minimum atomic E-state index is -0.654. The molecule has 13 heavy (non-hydrogen) atoms. The Morgan fingerprint density at radius 3 is 2.62 bits per heavy atom. The van der Waals surface area contributed by atoms with E-state index in [1.807, 2.05) is 6.92 Å². The Labute approximate surface area is 79.2 Å². The number of aromatic nitrogens is 2. The first-order valence-electron chi connectivity index (χ1n) is 3.77. The number of carbonyl (C=O) groups is 2. The van der Waals surface area contributed by atoms with Crippen LogP contribution < -0.4 is 5.32 Å². The largest absolute Gasteiger partial charge is 0.294 e. The second kappa shape index (κ2) is 4.08. The van der Waals surface area contributed by atoms with Crippen LogP contribution in [0.5, 0.6) is 0 Å². The molecule has 1 amide bonds. The molecule has 0 aliphatic heterocycles. The second-order valence-electron chi connectivity index (χ2n) is 2.36. The van der Waals surface area contributed by atoms with Crippen molar-refractivity contribution in [2.45, 2.75) is 20.3 Å². The molecule has 0 bridgehead atoms. The predicted molar refractivity (Wildman–Crippen MR) is 48.6 cm³/mol. The Morgan fingerprint density at radius 1 is 1.46 bits per heavy atom. The summed E-state index contributed by atoms with van der Waals surface area (Å²) in [5.41, 5.74) is 0. The lowest BCUT2D eigenvalue weighted by molar-refractivity contribution is -0.133. The molecule has 0 unspecified atom stereocenters. The molecule has 0 fully saturated rings.